The maximum absolute atomic E-state index is 11.2. The van der Waals surface area contributed by atoms with Crippen LogP contribution in [0.4, 0.5) is 0 Å². The van der Waals surface area contributed by atoms with Crippen LogP contribution in [0.5, 0.6) is 0 Å². The maximum atomic E-state index is 11.2. The number of hydrogen-bond acceptors (Lipinski definition) is 2. The minimum absolute atomic E-state index is 0.00258. The van der Waals surface area contributed by atoms with Crippen molar-refractivity contribution in [3.8, 4) is 0 Å². The summed E-state index contributed by atoms with van der Waals surface area (Å²) < 4.78 is 1.61. The molecule has 0 aliphatic heterocycles. The average molecular weight is 272 g/mol. The molecule has 104 valence electrons. The molecule has 0 atom stereocenters. The highest BCUT2D eigenvalue weighted by Crippen LogP contribution is 2.15. The molecule has 0 aliphatic carbocycles. The number of carboxylic acids is 1. The van der Waals surface area contributed by atoms with Gasteiger partial charge in [0.15, 0.2) is 0 Å². The maximum Gasteiger partial charge on any atom is 0.337 e. The van der Waals surface area contributed by atoms with Crippen molar-refractivity contribution in [1.29, 1.82) is 0 Å². The summed E-state index contributed by atoms with van der Waals surface area (Å²) in [5.41, 5.74) is 7.15. The Bertz CT molecular complexity index is 617. The van der Waals surface area contributed by atoms with E-state index in [0.717, 1.165) is 5.56 Å². The molecule has 0 unspecified atom stereocenters. The molecule has 0 bridgehead atoms. The van der Waals surface area contributed by atoms with Crippen molar-refractivity contribution < 1.29 is 14.7 Å². The molecular weight excluding hydrogens is 256 g/mol. The number of aromatic carboxylic acids is 1. The first-order valence-electron chi connectivity index (χ1n) is 6.31. The highest BCUT2D eigenvalue weighted by Gasteiger charge is 2.15. The number of carbonyl (C=O) groups excluding carboxylic acids is 1. The van der Waals surface area contributed by atoms with E-state index in [4.69, 9.17) is 5.73 Å². The first-order chi connectivity index (χ1) is 9.58. The summed E-state index contributed by atoms with van der Waals surface area (Å²) in [5, 5.41) is 9.18. The van der Waals surface area contributed by atoms with E-state index in [9.17, 15) is 14.7 Å². The largest absolute Gasteiger partial charge is 0.478 e. The molecule has 1 aromatic carbocycles. The number of aryl methyl sites for hydroxylation is 1. The molecule has 0 saturated carbocycles. The summed E-state index contributed by atoms with van der Waals surface area (Å²) >= 11 is 0. The molecule has 0 aliphatic rings. The molecule has 3 N–H and O–H groups in total. The van der Waals surface area contributed by atoms with Gasteiger partial charge in [0.25, 0.3) is 0 Å². The van der Waals surface area contributed by atoms with Crippen molar-refractivity contribution >= 4 is 11.9 Å². The Hall–Kier alpha value is -2.56. The minimum Gasteiger partial charge on any atom is -0.478 e. The lowest BCUT2D eigenvalue weighted by Gasteiger charge is -2.09. The van der Waals surface area contributed by atoms with Gasteiger partial charge in [0.2, 0.25) is 5.91 Å². The van der Waals surface area contributed by atoms with Crippen LogP contribution in [0, 0.1) is 0 Å². The molecule has 0 radical (unpaired) electrons. The van der Waals surface area contributed by atoms with Crippen molar-refractivity contribution in [2.75, 3.05) is 0 Å². The van der Waals surface area contributed by atoms with Crippen LogP contribution in [-0.4, -0.2) is 21.6 Å². The first kappa shape index (κ1) is 13.9. The smallest absolute Gasteiger partial charge is 0.337 e. The standard InChI is InChI=1S/C15H16N2O3/c16-14(18)10-17-9-8-12(15(19)20)13(17)7-6-11-4-2-1-3-5-11/h1-5,8-9H,6-7,10H2,(H2,16,18)(H,19,20). The van der Waals surface area contributed by atoms with Crippen molar-refractivity contribution in [3.05, 3.63) is 59.4 Å². The van der Waals surface area contributed by atoms with E-state index in [0.29, 0.717) is 18.5 Å². The van der Waals surface area contributed by atoms with Gasteiger partial charge in [-0.15, -0.1) is 0 Å². The van der Waals surface area contributed by atoms with Gasteiger partial charge >= 0.3 is 5.97 Å². The van der Waals surface area contributed by atoms with E-state index in [1.165, 1.54) is 6.07 Å². The molecule has 20 heavy (non-hydrogen) atoms. The summed E-state index contributed by atoms with van der Waals surface area (Å²) in [7, 11) is 0. The Morgan fingerprint density at radius 1 is 1.10 bits per heavy atom. The lowest BCUT2D eigenvalue weighted by molar-refractivity contribution is -0.118. The molecular formula is C15H16N2O3. The number of carbonyl (C=O) groups is 2. The predicted octanol–water partition coefficient (Wildman–Crippen LogP) is 1.46. The third-order valence-electron chi connectivity index (χ3n) is 3.13. The second-order valence-electron chi connectivity index (χ2n) is 4.56. The number of carboxylic acid groups (broad SMARTS) is 1. The molecule has 0 fully saturated rings. The summed E-state index contributed by atoms with van der Waals surface area (Å²) in [6.07, 6.45) is 2.85. The second-order valence-corrected chi connectivity index (χ2v) is 4.56. The van der Waals surface area contributed by atoms with E-state index in [1.54, 1.807) is 10.8 Å². The van der Waals surface area contributed by atoms with Crippen LogP contribution in [0.2, 0.25) is 0 Å². The van der Waals surface area contributed by atoms with Gasteiger partial charge in [-0.3, -0.25) is 4.79 Å². The molecule has 0 spiro atoms. The van der Waals surface area contributed by atoms with E-state index in [1.807, 2.05) is 30.3 Å². The lowest BCUT2D eigenvalue weighted by atomic mass is 10.1. The fourth-order valence-electron chi connectivity index (χ4n) is 2.20. The van der Waals surface area contributed by atoms with Gasteiger partial charge in [-0.2, -0.15) is 0 Å². The van der Waals surface area contributed by atoms with E-state index < -0.39 is 11.9 Å². The number of amides is 1. The zero-order valence-electron chi connectivity index (χ0n) is 11.0. The molecule has 2 aromatic rings. The van der Waals surface area contributed by atoms with Gasteiger partial charge in [-0.25, -0.2) is 4.79 Å². The number of hydrogen-bond donors (Lipinski definition) is 2. The van der Waals surface area contributed by atoms with Gasteiger partial charge in [0.05, 0.1) is 5.56 Å². The molecule has 2 rings (SSSR count). The fourth-order valence-corrected chi connectivity index (χ4v) is 2.20. The monoisotopic (exact) mass is 272 g/mol. The van der Waals surface area contributed by atoms with Crippen molar-refractivity contribution in [1.82, 2.24) is 4.57 Å². The van der Waals surface area contributed by atoms with Crippen LogP contribution in [-0.2, 0) is 24.2 Å². The number of nitrogens with two attached hydrogens (primary N) is 1. The van der Waals surface area contributed by atoms with Crippen molar-refractivity contribution in [2.24, 2.45) is 5.73 Å². The lowest BCUT2D eigenvalue weighted by Crippen LogP contribution is -2.20. The molecule has 1 aromatic heterocycles. The summed E-state index contributed by atoms with van der Waals surface area (Å²) in [6, 6.07) is 11.3. The molecule has 5 heteroatoms. The topological polar surface area (TPSA) is 85.3 Å². The highest BCUT2D eigenvalue weighted by molar-refractivity contribution is 5.89. The van der Waals surface area contributed by atoms with Crippen LogP contribution < -0.4 is 5.73 Å². The molecule has 5 nitrogen and oxygen atoms in total. The van der Waals surface area contributed by atoms with Gasteiger partial charge < -0.3 is 15.4 Å². The molecule has 1 heterocycles. The second kappa shape index (κ2) is 6.06. The number of rotatable bonds is 6. The van der Waals surface area contributed by atoms with Crippen LogP contribution in [0.25, 0.3) is 0 Å². The van der Waals surface area contributed by atoms with Crippen LogP contribution in [0.3, 0.4) is 0 Å². The van der Waals surface area contributed by atoms with Crippen molar-refractivity contribution in [2.45, 2.75) is 19.4 Å². The summed E-state index contributed by atoms with van der Waals surface area (Å²) in [5.74, 6) is -1.48. The van der Waals surface area contributed by atoms with E-state index in [2.05, 4.69) is 0 Å². The Labute approximate surface area is 116 Å². The number of aromatic nitrogens is 1. The fraction of sp³-hybridized carbons (Fsp3) is 0.200. The summed E-state index contributed by atoms with van der Waals surface area (Å²) in [4.78, 5) is 22.2. The van der Waals surface area contributed by atoms with Gasteiger partial charge in [-0.05, 0) is 24.5 Å². The number of benzene rings is 1. The number of primary amides is 1. The zero-order valence-corrected chi connectivity index (χ0v) is 11.0. The SMILES string of the molecule is NC(=O)Cn1ccc(C(=O)O)c1CCc1ccccc1. The third-order valence-corrected chi connectivity index (χ3v) is 3.13. The quantitative estimate of drug-likeness (QED) is 0.834. The first-order valence-corrected chi connectivity index (χ1v) is 6.31. The third kappa shape index (κ3) is 3.26. The Balaban J connectivity index is 2.21. The Morgan fingerprint density at radius 3 is 2.40 bits per heavy atom. The Kier molecular flexibility index (Phi) is 4.20. The predicted molar refractivity (Wildman–Crippen MR) is 74.4 cm³/mol. The summed E-state index contributed by atoms with van der Waals surface area (Å²) in [6.45, 7) is -0.00258. The van der Waals surface area contributed by atoms with Crippen molar-refractivity contribution in [3.63, 3.8) is 0 Å². The van der Waals surface area contributed by atoms with Gasteiger partial charge in [0.1, 0.15) is 6.54 Å². The Morgan fingerprint density at radius 2 is 1.80 bits per heavy atom. The normalized spacial score (nSPS) is 10.4. The van der Waals surface area contributed by atoms with Crippen LogP contribution >= 0.6 is 0 Å². The highest BCUT2D eigenvalue weighted by atomic mass is 16.4. The zero-order chi connectivity index (χ0) is 14.5. The van der Waals surface area contributed by atoms with Crippen LogP contribution in [0.1, 0.15) is 21.6 Å². The number of nitrogens with zero attached hydrogens (tertiary/aromatic N) is 1. The van der Waals surface area contributed by atoms with Gasteiger partial charge in [-0.1, -0.05) is 30.3 Å². The van der Waals surface area contributed by atoms with Gasteiger partial charge in [0, 0.05) is 11.9 Å². The molecule has 0 saturated heterocycles. The molecule has 1 amide bonds. The van der Waals surface area contributed by atoms with Crippen LogP contribution in [0.15, 0.2) is 42.6 Å². The average Bonchev–Trinajstić information content (AvgIpc) is 2.80. The van der Waals surface area contributed by atoms with E-state index in [-0.39, 0.29) is 12.1 Å². The minimum atomic E-state index is -0.990. The van der Waals surface area contributed by atoms with E-state index >= 15 is 0 Å².